The van der Waals surface area contributed by atoms with Gasteiger partial charge in [-0.3, -0.25) is 9.69 Å². The Morgan fingerprint density at radius 2 is 1.97 bits per heavy atom. The molecule has 1 N–H and O–H groups in total. The van der Waals surface area contributed by atoms with E-state index in [1.165, 1.54) is 12.1 Å². The van der Waals surface area contributed by atoms with Crippen molar-refractivity contribution < 1.29 is 13.2 Å². The number of likely N-dealkylation sites (tertiary alicyclic amines) is 1. The van der Waals surface area contributed by atoms with Gasteiger partial charge in [0.25, 0.3) is 5.56 Å². The second-order valence-corrected chi connectivity index (χ2v) is 9.19. The van der Waals surface area contributed by atoms with Crippen molar-refractivity contribution in [1.29, 1.82) is 0 Å². The number of hydrogen-bond acceptors (Lipinski definition) is 4. The Balaban J connectivity index is 1.39. The number of hydrogen-bond donors (Lipinski definition) is 1. The van der Waals surface area contributed by atoms with Crippen LogP contribution in [0.4, 0.5) is 13.2 Å². The molecule has 0 bridgehead atoms. The van der Waals surface area contributed by atoms with E-state index in [0.29, 0.717) is 35.5 Å². The Labute approximate surface area is 183 Å². The fourth-order valence-electron chi connectivity index (χ4n) is 5.20. The summed E-state index contributed by atoms with van der Waals surface area (Å²) in [6.45, 7) is 3.88. The zero-order chi connectivity index (χ0) is 22.5. The smallest absolute Gasteiger partial charge is 0.310 e. The summed E-state index contributed by atoms with van der Waals surface area (Å²) < 4.78 is 41.0. The van der Waals surface area contributed by atoms with Crippen molar-refractivity contribution in [3.8, 4) is 0 Å². The summed E-state index contributed by atoms with van der Waals surface area (Å²) in [5.41, 5.74) is 0.455. The van der Waals surface area contributed by atoms with Crippen molar-refractivity contribution in [2.24, 2.45) is 5.92 Å². The Morgan fingerprint density at radius 1 is 1.19 bits per heavy atom. The largest absolute Gasteiger partial charge is 0.416 e. The second-order valence-electron chi connectivity index (χ2n) is 9.19. The zero-order valence-corrected chi connectivity index (χ0v) is 17.9. The summed E-state index contributed by atoms with van der Waals surface area (Å²) in [7, 11) is 0. The molecule has 1 saturated carbocycles. The van der Waals surface area contributed by atoms with Crippen LogP contribution in [-0.4, -0.2) is 37.7 Å². The van der Waals surface area contributed by atoms with Crippen LogP contribution in [0.1, 0.15) is 61.5 Å². The topological polar surface area (TPSA) is 66.8 Å². The van der Waals surface area contributed by atoms with Gasteiger partial charge in [0, 0.05) is 25.6 Å². The van der Waals surface area contributed by atoms with Crippen LogP contribution in [0.15, 0.2) is 35.3 Å². The molecule has 170 valence electrons. The number of nitrogens with zero attached hydrogens (tertiary/aromatic N) is 4. The van der Waals surface area contributed by atoms with E-state index in [2.05, 4.69) is 21.9 Å². The summed E-state index contributed by atoms with van der Waals surface area (Å²) in [6.07, 6.45) is 1.66. The molecule has 6 nitrogen and oxygen atoms in total. The highest BCUT2D eigenvalue weighted by Gasteiger charge is 2.34. The highest BCUT2D eigenvalue weighted by molar-refractivity contribution is 5.73. The molecule has 2 atom stereocenters. The first-order valence-corrected chi connectivity index (χ1v) is 11.2. The van der Waals surface area contributed by atoms with Gasteiger partial charge in [-0.1, -0.05) is 38.0 Å². The number of benzene rings is 1. The summed E-state index contributed by atoms with van der Waals surface area (Å²) in [6, 6.07) is 5.76. The lowest BCUT2D eigenvalue weighted by molar-refractivity contribution is -0.137. The molecule has 1 aliphatic heterocycles. The number of fused-ring (bicyclic) bond motifs is 1. The van der Waals surface area contributed by atoms with E-state index in [0.717, 1.165) is 38.3 Å². The Kier molecular flexibility index (Phi) is 5.31. The highest BCUT2D eigenvalue weighted by atomic mass is 19.4. The standard InChI is InChI=1S/C23H26F3N5O/c1-14-11-30(12-15-5-4-6-16(9-15)23(24,25)26)13-19(14)20-28-21-18(22(32)29-20)10-27-31(21)17-7-2-3-8-17/h4-6,9-10,14,17,19H,2-3,7-8,11-13H2,1H3,(H,28,29,32)/t14-,19-/m1/s1. The minimum Gasteiger partial charge on any atom is -0.310 e. The van der Waals surface area contributed by atoms with Crippen molar-refractivity contribution in [1.82, 2.24) is 24.6 Å². The molecule has 1 saturated heterocycles. The van der Waals surface area contributed by atoms with Crippen molar-refractivity contribution in [2.45, 2.75) is 57.3 Å². The summed E-state index contributed by atoms with van der Waals surface area (Å²) in [4.78, 5) is 22.6. The minimum atomic E-state index is -4.35. The molecule has 1 aromatic carbocycles. The molecule has 0 spiro atoms. The quantitative estimate of drug-likeness (QED) is 0.643. The Bertz CT molecular complexity index is 1180. The Hall–Kier alpha value is -2.68. The van der Waals surface area contributed by atoms with Crippen LogP contribution < -0.4 is 5.56 Å². The van der Waals surface area contributed by atoms with Gasteiger partial charge < -0.3 is 4.98 Å². The van der Waals surface area contributed by atoms with Gasteiger partial charge in [0.05, 0.1) is 17.8 Å². The van der Waals surface area contributed by atoms with Gasteiger partial charge >= 0.3 is 6.18 Å². The van der Waals surface area contributed by atoms with Gasteiger partial charge in [-0.25, -0.2) is 9.67 Å². The molecule has 3 heterocycles. The summed E-state index contributed by atoms with van der Waals surface area (Å²) in [5.74, 6) is 0.857. The van der Waals surface area contributed by atoms with E-state index in [-0.39, 0.29) is 23.4 Å². The van der Waals surface area contributed by atoms with Crippen LogP contribution in [0.2, 0.25) is 0 Å². The molecule has 0 amide bonds. The third-order valence-electron chi connectivity index (χ3n) is 6.85. The van der Waals surface area contributed by atoms with Gasteiger partial charge in [0.1, 0.15) is 11.2 Å². The van der Waals surface area contributed by atoms with E-state index >= 15 is 0 Å². The number of nitrogens with one attached hydrogen (secondary N) is 1. The predicted molar refractivity (Wildman–Crippen MR) is 114 cm³/mol. The van der Waals surface area contributed by atoms with Gasteiger partial charge in [0.15, 0.2) is 5.65 Å². The molecule has 1 aliphatic carbocycles. The number of rotatable bonds is 4. The number of aromatic nitrogens is 4. The lowest BCUT2D eigenvalue weighted by Crippen LogP contribution is -2.22. The van der Waals surface area contributed by atoms with E-state index < -0.39 is 11.7 Å². The van der Waals surface area contributed by atoms with Crippen molar-refractivity contribution >= 4 is 11.0 Å². The second kappa shape index (κ2) is 8.03. The first kappa shape index (κ1) is 21.2. The third-order valence-corrected chi connectivity index (χ3v) is 6.85. The number of aromatic amines is 1. The average molecular weight is 445 g/mol. The lowest BCUT2D eigenvalue weighted by Gasteiger charge is -2.17. The zero-order valence-electron chi connectivity index (χ0n) is 17.9. The number of halogens is 3. The monoisotopic (exact) mass is 445 g/mol. The molecule has 9 heteroatoms. The molecule has 3 aromatic rings. The number of H-pyrrole nitrogens is 1. The number of alkyl halides is 3. The first-order valence-electron chi connectivity index (χ1n) is 11.2. The fraction of sp³-hybridized carbons (Fsp3) is 0.522. The maximum Gasteiger partial charge on any atom is 0.416 e. The van der Waals surface area contributed by atoms with E-state index in [9.17, 15) is 18.0 Å². The maximum absolute atomic E-state index is 13.0. The van der Waals surface area contributed by atoms with Crippen molar-refractivity contribution in [3.05, 3.63) is 57.8 Å². The normalized spacial score (nSPS) is 22.9. The lowest BCUT2D eigenvalue weighted by atomic mass is 9.97. The molecule has 5 rings (SSSR count). The predicted octanol–water partition coefficient (Wildman–Crippen LogP) is 4.49. The van der Waals surface area contributed by atoms with Gasteiger partial charge in [-0.2, -0.15) is 18.3 Å². The molecular weight excluding hydrogens is 419 g/mol. The molecular formula is C23H26F3N5O. The molecule has 0 unspecified atom stereocenters. The van der Waals surface area contributed by atoms with Crippen LogP contribution in [0.3, 0.4) is 0 Å². The van der Waals surface area contributed by atoms with Crippen LogP contribution >= 0.6 is 0 Å². The molecule has 2 fully saturated rings. The Morgan fingerprint density at radius 3 is 2.72 bits per heavy atom. The van der Waals surface area contributed by atoms with Crippen molar-refractivity contribution in [3.63, 3.8) is 0 Å². The molecule has 32 heavy (non-hydrogen) atoms. The maximum atomic E-state index is 13.0. The summed E-state index contributed by atoms with van der Waals surface area (Å²) in [5, 5.41) is 4.96. The highest BCUT2D eigenvalue weighted by Crippen LogP contribution is 2.34. The van der Waals surface area contributed by atoms with E-state index in [4.69, 9.17) is 4.98 Å². The van der Waals surface area contributed by atoms with Crippen LogP contribution in [0.5, 0.6) is 0 Å². The van der Waals surface area contributed by atoms with Crippen LogP contribution in [0, 0.1) is 5.92 Å². The average Bonchev–Trinajstić information content (AvgIpc) is 3.47. The first-order chi connectivity index (χ1) is 15.3. The van der Waals surface area contributed by atoms with E-state index in [1.54, 1.807) is 12.3 Å². The SMILES string of the molecule is C[C@@H]1CN(Cc2cccc(C(F)(F)F)c2)C[C@H]1c1nc2c(cnn2C2CCCC2)c(=O)[nH]1. The van der Waals surface area contributed by atoms with Crippen LogP contribution in [0.25, 0.3) is 11.0 Å². The van der Waals surface area contributed by atoms with Crippen molar-refractivity contribution in [2.75, 3.05) is 13.1 Å². The fourth-order valence-corrected chi connectivity index (χ4v) is 5.20. The molecule has 0 radical (unpaired) electrons. The van der Waals surface area contributed by atoms with Gasteiger partial charge in [0.2, 0.25) is 0 Å². The van der Waals surface area contributed by atoms with Gasteiger partial charge in [-0.15, -0.1) is 0 Å². The summed E-state index contributed by atoms with van der Waals surface area (Å²) >= 11 is 0. The van der Waals surface area contributed by atoms with Gasteiger partial charge in [-0.05, 0) is 30.4 Å². The van der Waals surface area contributed by atoms with Crippen LogP contribution in [-0.2, 0) is 12.7 Å². The van der Waals surface area contributed by atoms with E-state index in [1.807, 2.05) is 4.68 Å². The third kappa shape index (κ3) is 3.94. The molecule has 2 aliphatic rings. The molecule has 2 aromatic heterocycles. The minimum absolute atomic E-state index is 0.00447.